The van der Waals surface area contributed by atoms with Crippen LogP contribution in [0.15, 0.2) is 85.1 Å². The first-order valence-electron chi connectivity index (χ1n) is 44.3. The Morgan fingerprint density at radius 3 is 0.991 bits per heavy atom. The fourth-order valence-electron chi connectivity index (χ4n) is 14.7. The molecule has 3 rings (SSSR count). The molecule has 1 amide bonds. The van der Waals surface area contributed by atoms with Gasteiger partial charge in [-0.2, -0.15) is 0 Å². The lowest BCUT2D eigenvalue weighted by atomic mass is 9.96. The minimum absolute atomic E-state index is 0.241. The number of ether oxygens (including phenoxy) is 6. The smallest absolute Gasteiger partial charge is 0.220 e. The number of nitrogens with one attached hydrogen (secondary N) is 1. The summed E-state index contributed by atoms with van der Waals surface area (Å²) in [6.45, 7) is 1.67. The molecule has 109 heavy (non-hydrogen) atoms. The van der Waals surface area contributed by atoms with Crippen molar-refractivity contribution in [2.75, 3.05) is 26.4 Å². The summed E-state index contributed by atoms with van der Waals surface area (Å²) >= 11 is 0. The molecule has 0 aromatic heterocycles. The topological polar surface area (TPSA) is 307 Å². The average molecular weight is 1550 g/mol. The van der Waals surface area contributed by atoms with Crippen LogP contribution < -0.4 is 5.32 Å². The number of hydrogen-bond donors (Lipinski definition) is 12. The van der Waals surface area contributed by atoms with E-state index in [1.807, 2.05) is 6.08 Å². The maximum absolute atomic E-state index is 13.5. The van der Waals surface area contributed by atoms with Gasteiger partial charge in [0.1, 0.15) is 73.2 Å². The van der Waals surface area contributed by atoms with Gasteiger partial charge in [0, 0.05) is 6.42 Å². The van der Waals surface area contributed by atoms with E-state index in [1.165, 1.54) is 238 Å². The molecule has 17 unspecified atom stereocenters. The summed E-state index contributed by atoms with van der Waals surface area (Å²) < 4.78 is 34.5. The van der Waals surface area contributed by atoms with E-state index in [0.29, 0.717) is 6.42 Å². The molecule has 634 valence electrons. The van der Waals surface area contributed by atoms with E-state index in [4.69, 9.17) is 28.4 Å². The lowest BCUT2D eigenvalue weighted by Gasteiger charge is -2.48. The first-order valence-corrected chi connectivity index (χ1v) is 44.3. The van der Waals surface area contributed by atoms with Gasteiger partial charge in [-0.25, -0.2) is 0 Å². The minimum Gasteiger partial charge on any atom is -0.394 e. The van der Waals surface area contributed by atoms with Gasteiger partial charge in [0.15, 0.2) is 18.9 Å². The second-order valence-electron chi connectivity index (χ2n) is 31.3. The number of allylic oxidation sites excluding steroid dienone is 13. The third-order valence-corrected chi connectivity index (χ3v) is 21.7. The van der Waals surface area contributed by atoms with Crippen LogP contribution in [0.1, 0.15) is 348 Å². The maximum atomic E-state index is 13.5. The predicted molar refractivity (Wildman–Crippen MR) is 438 cm³/mol. The number of aliphatic hydroxyl groups is 11. The van der Waals surface area contributed by atoms with Crippen LogP contribution >= 0.6 is 0 Å². The van der Waals surface area contributed by atoms with Crippen molar-refractivity contribution in [2.24, 2.45) is 0 Å². The Hall–Kier alpha value is -3.03. The molecule has 0 aromatic carbocycles. The van der Waals surface area contributed by atoms with E-state index in [9.17, 15) is 61.0 Å². The molecule has 3 saturated heterocycles. The van der Waals surface area contributed by atoms with E-state index < -0.39 is 124 Å². The van der Waals surface area contributed by atoms with Crippen molar-refractivity contribution in [2.45, 2.75) is 452 Å². The fraction of sp³-hybridized carbons (Fsp3) is 0.833. The first-order chi connectivity index (χ1) is 53.3. The summed E-state index contributed by atoms with van der Waals surface area (Å²) in [5.41, 5.74) is 0. The van der Waals surface area contributed by atoms with Crippen molar-refractivity contribution in [3.05, 3.63) is 85.1 Å². The van der Waals surface area contributed by atoms with E-state index in [1.54, 1.807) is 6.08 Å². The van der Waals surface area contributed by atoms with Gasteiger partial charge in [-0.1, -0.05) is 356 Å². The summed E-state index contributed by atoms with van der Waals surface area (Å²) in [6, 6.07) is -0.979. The molecular weight excluding hydrogens is 1380 g/mol. The van der Waals surface area contributed by atoms with Crippen LogP contribution in [0.5, 0.6) is 0 Å². The Morgan fingerprint density at radius 1 is 0.339 bits per heavy atom. The highest BCUT2D eigenvalue weighted by Gasteiger charge is 2.54. The van der Waals surface area contributed by atoms with Gasteiger partial charge in [-0.15, -0.1) is 0 Å². The van der Waals surface area contributed by atoms with E-state index >= 15 is 0 Å². The zero-order chi connectivity index (χ0) is 78.8. The van der Waals surface area contributed by atoms with Gasteiger partial charge in [-0.3, -0.25) is 4.79 Å². The third-order valence-electron chi connectivity index (χ3n) is 21.7. The minimum atomic E-state index is -1.98. The average Bonchev–Trinajstić information content (AvgIpc) is 0.749. The number of carbonyl (C=O) groups is 1. The molecule has 0 aromatic rings. The first kappa shape index (κ1) is 100. The van der Waals surface area contributed by atoms with Crippen molar-refractivity contribution in [3.63, 3.8) is 0 Å². The molecule has 0 bridgehead atoms. The molecule has 3 heterocycles. The van der Waals surface area contributed by atoms with Crippen molar-refractivity contribution in [1.82, 2.24) is 5.32 Å². The van der Waals surface area contributed by atoms with Crippen LogP contribution in [0.2, 0.25) is 0 Å². The summed E-state index contributed by atoms with van der Waals surface area (Å²) in [5.74, 6) is -0.273. The van der Waals surface area contributed by atoms with Crippen molar-refractivity contribution < 1.29 is 89.4 Å². The molecule has 0 saturated carbocycles. The number of carbonyl (C=O) groups excluding carboxylic acids is 1. The highest BCUT2D eigenvalue weighted by molar-refractivity contribution is 5.76. The standard InChI is InChI=1S/C90H161NO18/c1-3-5-7-9-11-13-15-17-19-21-23-25-27-29-31-33-34-35-36-37-38-40-42-44-46-48-50-52-54-56-58-60-62-64-66-68-78(96)91-73(74(95)67-65-63-61-59-57-55-53-51-49-47-45-43-41-39-32-30-28-26-24-22-20-18-16-14-12-10-8-6-4-2)72-104-88-84(102)81(99)86(76(70-93)106-88)109-90-85(103)82(100)87(77(71-94)107-90)108-89-83(101)80(98)79(97)75(69-92)105-89/h5,7,11,13,17,19,23,25,29,31,34-35,65,67,73-77,79-90,92-95,97-103H,3-4,6,8-10,12,14-16,18,20-22,24,26-28,30,32-33,36-64,66,68-72H2,1-2H3,(H,91,96)/b7-5-,13-11-,19-17-,25-23-,31-29-,35-34-,67-65+. The second kappa shape index (κ2) is 69.3. The Balaban J connectivity index is 1.34. The van der Waals surface area contributed by atoms with Gasteiger partial charge >= 0.3 is 0 Å². The Labute approximate surface area is 661 Å². The maximum Gasteiger partial charge on any atom is 0.220 e. The lowest BCUT2D eigenvalue weighted by molar-refractivity contribution is -0.379. The van der Waals surface area contributed by atoms with Gasteiger partial charge in [0.2, 0.25) is 5.91 Å². The van der Waals surface area contributed by atoms with Crippen LogP contribution in [-0.2, 0) is 33.2 Å². The molecule has 3 aliphatic rings. The molecule has 3 fully saturated rings. The molecule has 12 N–H and O–H groups in total. The Kier molecular flexibility index (Phi) is 63.7. The summed E-state index contributed by atoms with van der Waals surface area (Å²) in [5, 5.41) is 121. The number of hydrogen-bond acceptors (Lipinski definition) is 18. The molecule has 0 aliphatic carbocycles. The molecule has 19 heteroatoms. The zero-order valence-corrected chi connectivity index (χ0v) is 68.3. The Bertz CT molecular complexity index is 2300. The predicted octanol–water partition coefficient (Wildman–Crippen LogP) is 16.5. The van der Waals surface area contributed by atoms with Crippen molar-refractivity contribution in [1.29, 1.82) is 0 Å². The monoisotopic (exact) mass is 1540 g/mol. The highest BCUT2D eigenvalue weighted by atomic mass is 16.8. The zero-order valence-electron chi connectivity index (χ0n) is 68.3. The molecule has 19 nitrogen and oxygen atoms in total. The van der Waals surface area contributed by atoms with Crippen LogP contribution in [0, 0.1) is 0 Å². The molecule has 3 aliphatic heterocycles. The van der Waals surface area contributed by atoms with Crippen LogP contribution in [0.4, 0.5) is 0 Å². The van der Waals surface area contributed by atoms with E-state index in [-0.39, 0.29) is 18.9 Å². The largest absolute Gasteiger partial charge is 0.394 e. The number of amides is 1. The summed E-state index contributed by atoms with van der Waals surface area (Å²) in [7, 11) is 0. The molecular formula is C90H161NO18. The van der Waals surface area contributed by atoms with Crippen LogP contribution in [-0.4, -0.2) is 193 Å². The SMILES string of the molecule is CC/C=C\C/C=C\C/C=C\C/C=C\C/C=C\C/C=C\CCCCCCCCCCCCCCCCCCC(=O)NC(COC1OC(CO)C(OC2OC(CO)C(OC3OC(CO)C(O)C(O)C3O)C(O)C2O)C(O)C1O)C(O)/C=C/CCCCCCCCCCCCCCCCCCCCCCCCCCCCC. The van der Waals surface area contributed by atoms with Crippen LogP contribution in [0.25, 0.3) is 0 Å². The van der Waals surface area contributed by atoms with E-state index in [2.05, 4.69) is 92.1 Å². The molecule has 0 radical (unpaired) electrons. The Morgan fingerprint density at radius 2 is 0.633 bits per heavy atom. The van der Waals surface area contributed by atoms with Crippen molar-refractivity contribution in [3.8, 4) is 0 Å². The van der Waals surface area contributed by atoms with Gasteiger partial charge < -0.3 is 89.9 Å². The summed E-state index contributed by atoms with van der Waals surface area (Å²) in [4.78, 5) is 13.5. The third kappa shape index (κ3) is 48.2. The van der Waals surface area contributed by atoms with Gasteiger partial charge in [0.05, 0.1) is 38.6 Å². The molecule has 17 atom stereocenters. The highest BCUT2D eigenvalue weighted by Crippen LogP contribution is 2.33. The van der Waals surface area contributed by atoms with E-state index in [0.717, 1.165) is 83.5 Å². The fourth-order valence-corrected chi connectivity index (χ4v) is 14.7. The van der Waals surface area contributed by atoms with Gasteiger partial charge in [-0.05, 0) is 70.6 Å². The lowest BCUT2D eigenvalue weighted by Crippen LogP contribution is -2.66. The summed E-state index contributed by atoms with van der Waals surface area (Å²) in [6.07, 6.45) is 67.2. The second-order valence-corrected chi connectivity index (χ2v) is 31.3. The van der Waals surface area contributed by atoms with Crippen LogP contribution in [0.3, 0.4) is 0 Å². The normalized spacial score (nSPS) is 25.7. The number of aliphatic hydroxyl groups excluding tert-OH is 11. The van der Waals surface area contributed by atoms with Gasteiger partial charge in [0.25, 0.3) is 0 Å². The number of unbranched alkanes of at least 4 members (excludes halogenated alkanes) is 43. The number of rotatable bonds is 71. The van der Waals surface area contributed by atoms with Crippen molar-refractivity contribution >= 4 is 5.91 Å². The quantitative estimate of drug-likeness (QED) is 0.0199. The molecule has 0 spiro atoms.